The molecule has 2 aliphatic rings. The third kappa shape index (κ3) is 2.41. The topological polar surface area (TPSA) is 52.0 Å². The van der Waals surface area contributed by atoms with Crippen molar-refractivity contribution in [3.63, 3.8) is 0 Å². The maximum Gasteiger partial charge on any atom is 0.140 e. The van der Waals surface area contributed by atoms with Crippen LogP contribution in [0.15, 0.2) is 6.33 Å². The molecule has 1 aliphatic heterocycles. The molecule has 0 aromatic carbocycles. The van der Waals surface area contributed by atoms with Crippen LogP contribution in [0.3, 0.4) is 0 Å². The summed E-state index contributed by atoms with van der Waals surface area (Å²) >= 11 is 0. The Morgan fingerprint density at radius 3 is 3.12 bits per heavy atom. The zero-order valence-electron chi connectivity index (χ0n) is 9.43. The predicted molar refractivity (Wildman–Crippen MR) is 58.9 cm³/mol. The Labute approximate surface area is 95.2 Å². The Morgan fingerprint density at radius 2 is 2.38 bits per heavy atom. The van der Waals surface area contributed by atoms with Crippen molar-refractivity contribution in [1.29, 1.82) is 0 Å². The molecule has 1 aromatic rings. The molecule has 5 nitrogen and oxygen atoms in total. The van der Waals surface area contributed by atoms with Crippen molar-refractivity contribution >= 4 is 0 Å². The van der Waals surface area contributed by atoms with E-state index < -0.39 is 0 Å². The molecule has 0 spiro atoms. The van der Waals surface area contributed by atoms with E-state index in [1.165, 1.54) is 19.3 Å². The highest BCUT2D eigenvalue weighted by atomic mass is 16.5. The van der Waals surface area contributed by atoms with E-state index in [9.17, 15) is 0 Å². The summed E-state index contributed by atoms with van der Waals surface area (Å²) < 4.78 is 7.59. The zero-order valence-corrected chi connectivity index (χ0v) is 9.43. The first kappa shape index (κ1) is 10.2. The lowest BCUT2D eigenvalue weighted by Gasteiger charge is -2.11. The molecule has 1 saturated carbocycles. The Kier molecular flexibility index (Phi) is 2.88. The summed E-state index contributed by atoms with van der Waals surface area (Å²) in [5.41, 5.74) is 0. The SMILES string of the molecule is c1nc(CNC2CC2)n(CC2CCCO2)n1. The molecule has 0 amide bonds. The minimum absolute atomic E-state index is 0.335. The summed E-state index contributed by atoms with van der Waals surface area (Å²) in [7, 11) is 0. The maximum atomic E-state index is 5.61. The fourth-order valence-electron chi connectivity index (χ4n) is 2.08. The lowest BCUT2D eigenvalue weighted by molar-refractivity contribution is 0.0929. The van der Waals surface area contributed by atoms with Crippen LogP contribution in [-0.2, 0) is 17.8 Å². The van der Waals surface area contributed by atoms with Gasteiger partial charge in [-0.25, -0.2) is 9.67 Å². The summed E-state index contributed by atoms with van der Waals surface area (Å²) in [6.07, 6.45) is 6.91. The van der Waals surface area contributed by atoms with Crippen molar-refractivity contribution in [2.24, 2.45) is 0 Å². The molecule has 2 fully saturated rings. The smallest absolute Gasteiger partial charge is 0.140 e. The van der Waals surface area contributed by atoms with E-state index in [4.69, 9.17) is 4.74 Å². The molecule has 1 N–H and O–H groups in total. The van der Waals surface area contributed by atoms with Crippen molar-refractivity contribution in [2.75, 3.05) is 6.61 Å². The highest BCUT2D eigenvalue weighted by molar-refractivity contribution is 4.89. The van der Waals surface area contributed by atoms with Gasteiger partial charge in [-0.2, -0.15) is 5.10 Å². The second-order valence-electron chi connectivity index (χ2n) is 4.65. The fraction of sp³-hybridized carbons (Fsp3) is 0.818. The van der Waals surface area contributed by atoms with Crippen LogP contribution in [0.25, 0.3) is 0 Å². The van der Waals surface area contributed by atoms with Crippen molar-refractivity contribution in [1.82, 2.24) is 20.1 Å². The van der Waals surface area contributed by atoms with Crippen molar-refractivity contribution in [2.45, 2.75) is 50.9 Å². The Balaban J connectivity index is 1.57. The normalized spacial score (nSPS) is 25.1. The molecular weight excluding hydrogens is 204 g/mol. The van der Waals surface area contributed by atoms with Gasteiger partial charge in [-0.15, -0.1) is 0 Å². The third-order valence-electron chi connectivity index (χ3n) is 3.22. The van der Waals surface area contributed by atoms with Gasteiger partial charge in [-0.1, -0.05) is 0 Å². The first-order valence-electron chi connectivity index (χ1n) is 6.13. The molecule has 0 radical (unpaired) electrons. The number of aromatic nitrogens is 3. The largest absolute Gasteiger partial charge is 0.376 e. The third-order valence-corrected chi connectivity index (χ3v) is 3.22. The lowest BCUT2D eigenvalue weighted by atomic mass is 10.2. The number of rotatable bonds is 5. The summed E-state index contributed by atoms with van der Waals surface area (Å²) in [6, 6.07) is 0.716. The summed E-state index contributed by atoms with van der Waals surface area (Å²) in [5, 5.41) is 7.72. The highest BCUT2D eigenvalue weighted by Gasteiger charge is 2.22. The van der Waals surface area contributed by atoms with Gasteiger partial charge in [0.1, 0.15) is 12.2 Å². The fourth-order valence-corrected chi connectivity index (χ4v) is 2.08. The van der Waals surface area contributed by atoms with Gasteiger partial charge in [0.15, 0.2) is 0 Å². The van der Waals surface area contributed by atoms with Gasteiger partial charge in [0.05, 0.1) is 19.2 Å². The standard InChI is InChI=1S/C11H18N4O/c1-2-10(16-5-1)7-15-11(13-8-14-15)6-12-9-3-4-9/h8-10,12H,1-7H2. The molecule has 88 valence electrons. The molecule has 0 bridgehead atoms. The molecule has 1 saturated heterocycles. The second kappa shape index (κ2) is 4.51. The quantitative estimate of drug-likeness (QED) is 0.797. The van der Waals surface area contributed by atoms with Gasteiger partial charge in [-0.05, 0) is 25.7 Å². The van der Waals surface area contributed by atoms with Crippen molar-refractivity contribution in [3.8, 4) is 0 Å². The van der Waals surface area contributed by atoms with Crippen LogP contribution < -0.4 is 5.32 Å². The monoisotopic (exact) mass is 222 g/mol. The van der Waals surface area contributed by atoms with Gasteiger partial charge in [0, 0.05) is 12.6 Å². The zero-order chi connectivity index (χ0) is 10.8. The molecule has 16 heavy (non-hydrogen) atoms. The predicted octanol–water partition coefficient (Wildman–Crippen LogP) is 0.709. The number of nitrogens with zero attached hydrogens (tertiary/aromatic N) is 3. The van der Waals surface area contributed by atoms with Crippen molar-refractivity contribution in [3.05, 3.63) is 12.2 Å². The average molecular weight is 222 g/mol. The van der Waals surface area contributed by atoms with E-state index in [-0.39, 0.29) is 0 Å². The van der Waals surface area contributed by atoms with Crippen LogP contribution >= 0.6 is 0 Å². The van der Waals surface area contributed by atoms with Gasteiger partial charge < -0.3 is 10.1 Å². The maximum absolute atomic E-state index is 5.61. The van der Waals surface area contributed by atoms with Crippen LogP contribution in [0.4, 0.5) is 0 Å². The van der Waals surface area contributed by atoms with E-state index >= 15 is 0 Å². The van der Waals surface area contributed by atoms with Crippen LogP contribution in [0.2, 0.25) is 0 Å². The van der Waals surface area contributed by atoms with Crippen LogP contribution in [-0.4, -0.2) is 33.5 Å². The summed E-state index contributed by atoms with van der Waals surface area (Å²) in [5.74, 6) is 1.03. The molecule has 3 rings (SSSR count). The second-order valence-corrected chi connectivity index (χ2v) is 4.65. The number of nitrogens with one attached hydrogen (secondary N) is 1. The molecule has 1 unspecified atom stereocenters. The van der Waals surface area contributed by atoms with E-state index in [0.29, 0.717) is 12.1 Å². The van der Waals surface area contributed by atoms with Crippen LogP contribution in [0, 0.1) is 0 Å². The number of hydrogen-bond donors (Lipinski definition) is 1. The van der Waals surface area contributed by atoms with Crippen LogP contribution in [0.5, 0.6) is 0 Å². The van der Waals surface area contributed by atoms with Gasteiger partial charge in [-0.3, -0.25) is 0 Å². The van der Waals surface area contributed by atoms with E-state index in [1.807, 2.05) is 4.68 Å². The molecular formula is C11H18N4O. The minimum Gasteiger partial charge on any atom is -0.376 e. The molecule has 1 atom stereocenters. The molecule has 1 aliphatic carbocycles. The Hall–Kier alpha value is -0.940. The average Bonchev–Trinajstić information content (AvgIpc) is 2.79. The van der Waals surface area contributed by atoms with E-state index in [1.54, 1.807) is 6.33 Å². The van der Waals surface area contributed by atoms with Gasteiger partial charge in [0.2, 0.25) is 0 Å². The van der Waals surface area contributed by atoms with Gasteiger partial charge >= 0.3 is 0 Å². The lowest BCUT2D eigenvalue weighted by Crippen LogP contribution is -2.23. The van der Waals surface area contributed by atoms with Gasteiger partial charge in [0.25, 0.3) is 0 Å². The Morgan fingerprint density at radius 1 is 1.44 bits per heavy atom. The number of hydrogen-bond acceptors (Lipinski definition) is 4. The summed E-state index contributed by atoms with van der Waals surface area (Å²) in [4.78, 5) is 4.29. The first-order chi connectivity index (χ1) is 7.92. The van der Waals surface area contributed by atoms with Crippen molar-refractivity contribution < 1.29 is 4.74 Å². The minimum atomic E-state index is 0.335. The Bertz CT molecular complexity index is 342. The van der Waals surface area contributed by atoms with E-state index in [0.717, 1.165) is 31.9 Å². The first-order valence-corrected chi connectivity index (χ1v) is 6.13. The number of ether oxygens (including phenoxy) is 1. The molecule has 2 heterocycles. The van der Waals surface area contributed by atoms with E-state index in [2.05, 4.69) is 15.4 Å². The van der Waals surface area contributed by atoms with Crippen LogP contribution in [0.1, 0.15) is 31.5 Å². The highest BCUT2D eigenvalue weighted by Crippen LogP contribution is 2.19. The summed E-state index contributed by atoms with van der Waals surface area (Å²) in [6.45, 7) is 2.58. The molecule has 1 aromatic heterocycles. The molecule has 5 heteroatoms.